The molecule has 0 heterocycles. The fraction of sp³-hybridized carbons (Fsp3) is 1.00. The second-order valence-electron chi connectivity index (χ2n) is 1.86. The average molecular weight is 294 g/mol. The predicted molar refractivity (Wildman–Crippen MR) is 54.1 cm³/mol. The molecule has 0 aliphatic heterocycles. The molecule has 0 aliphatic carbocycles. The Morgan fingerprint density at radius 1 is 1.06 bits per heavy atom. The standard InChI is InChI=1S/C4H10O6S4.2Li/c5-9-10-11-1-2-12-13-3-4-14(6,7)8;;/h5H,1-4H2,(H,6,7,8);;/q;2*+1/p-2. The summed E-state index contributed by atoms with van der Waals surface area (Å²) in [6.07, 6.45) is 0. The molecule has 0 rings (SSSR count). The van der Waals surface area contributed by atoms with E-state index in [4.69, 9.17) is 0 Å². The normalized spacial score (nSPS) is 10.4. The van der Waals surface area contributed by atoms with E-state index in [2.05, 4.69) is 9.37 Å². The molecule has 0 aromatic rings. The molecule has 0 bridgehead atoms. The maximum atomic E-state index is 10.2. The van der Waals surface area contributed by atoms with Crippen LogP contribution in [0.3, 0.4) is 0 Å². The molecular weight excluding hydrogens is 286 g/mol. The third kappa shape index (κ3) is 21.3. The van der Waals surface area contributed by atoms with Crippen LogP contribution in [-0.2, 0) is 19.5 Å². The molecule has 0 atom stereocenters. The van der Waals surface area contributed by atoms with Crippen LogP contribution < -0.4 is 43.0 Å². The second kappa shape index (κ2) is 15.1. The first kappa shape index (κ1) is 23.2. The van der Waals surface area contributed by atoms with Crippen LogP contribution in [-0.4, -0.2) is 36.0 Å². The average Bonchev–Trinajstić information content (AvgIpc) is 2.08. The monoisotopic (exact) mass is 294 g/mol. The Morgan fingerprint density at radius 2 is 1.62 bits per heavy atom. The summed E-state index contributed by atoms with van der Waals surface area (Å²) < 4.78 is 34.4. The molecule has 0 unspecified atom stereocenters. The van der Waals surface area contributed by atoms with E-state index in [0.717, 1.165) is 12.0 Å². The van der Waals surface area contributed by atoms with Crippen molar-refractivity contribution < 1.29 is 65.3 Å². The minimum absolute atomic E-state index is 0. The van der Waals surface area contributed by atoms with Crippen LogP contribution in [0.1, 0.15) is 0 Å². The molecule has 0 radical (unpaired) electrons. The maximum Gasteiger partial charge on any atom is 1.00 e. The van der Waals surface area contributed by atoms with Gasteiger partial charge >= 0.3 is 37.7 Å². The van der Waals surface area contributed by atoms with E-state index in [-0.39, 0.29) is 49.2 Å². The Hall–Kier alpha value is 2.03. The molecule has 0 aromatic heterocycles. The summed E-state index contributed by atoms with van der Waals surface area (Å²) in [5.74, 6) is 1.11. The number of rotatable bonds is 9. The van der Waals surface area contributed by atoms with Gasteiger partial charge in [-0.15, -0.1) is 0 Å². The summed E-state index contributed by atoms with van der Waals surface area (Å²) in [5, 5.41) is 12.4. The molecule has 0 aliphatic rings. The Kier molecular flexibility index (Phi) is 21.8. The smallest absolute Gasteiger partial charge is 0.748 e. The van der Waals surface area contributed by atoms with Gasteiger partial charge in [0.25, 0.3) is 0 Å². The zero-order valence-corrected chi connectivity index (χ0v) is 12.2. The predicted octanol–water partition coefficient (Wildman–Crippen LogP) is -6.21. The zero-order chi connectivity index (χ0) is 10.9. The van der Waals surface area contributed by atoms with E-state index >= 15 is 0 Å². The Bertz CT molecular complexity index is 225. The Morgan fingerprint density at radius 3 is 2.12 bits per heavy atom. The fourth-order valence-electron chi connectivity index (χ4n) is 0.376. The molecule has 0 N–H and O–H groups in total. The molecule has 0 spiro atoms. The van der Waals surface area contributed by atoms with Crippen molar-refractivity contribution in [3.8, 4) is 0 Å². The van der Waals surface area contributed by atoms with Crippen molar-refractivity contribution in [2.75, 3.05) is 23.0 Å². The van der Waals surface area contributed by atoms with Crippen LogP contribution in [0.4, 0.5) is 0 Å². The van der Waals surface area contributed by atoms with E-state index in [9.17, 15) is 18.2 Å². The molecule has 0 aromatic carbocycles. The zero-order valence-electron chi connectivity index (χ0n) is 8.91. The minimum Gasteiger partial charge on any atom is -0.748 e. The van der Waals surface area contributed by atoms with Crippen molar-refractivity contribution in [2.45, 2.75) is 0 Å². The van der Waals surface area contributed by atoms with Crippen LogP contribution in [0, 0.1) is 0 Å². The fourth-order valence-corrected chi connectivity index (χ4v) is 4.28. The van der Waals surface area contributed by atoms with Gasteiger partial charge in [-0.25, -0.2) is 8.42 Å². The van der Waals surface area contributed by atoms with E-state index in [1.54, 1.807) is 0 Å². The summed E-state index contributed by atoms with van der Waals surface area (Å²) in [4.78, 5) is 0. The van der Waals surface area contributed by atoms with Gasteiger partial charge < -0.3 is 9.81 Å². The number of hydrogen-bond acceptors (Lipinski definition) is 9. The molecule has 0 saturated carbocycles. The molecule has 0 amide bonds. The third-order valence-electron chi connectivity index (χ3n) is 0.826. The van der Waals surface area contributed by atoms with Crippen molar-refractivity contribution in [3.63, 3.8) is 0 Å². The van der Waals surface area contributed by atoms with E-state index < -0.39 is 10.1 Å². The molecule has 6 nitrogen and oxygen atoms in total. The van der Waals surface area contributed by atoms with Crippen LogP contribution in [0.2, 0.25) is 0 Å². The molecule has 16 heavy (non-hydrogen) atoms. The van der Waals surface area contributed by atoms with Gasteiger partial charge in [-0.2, -0.15) is 4.33 Å². The van der Waals surface area contributed by atoms with Gasteiger partial charge in [-0.3, -0.25) is 5.04 Å². The van der Waals surface area contributed by atoms with Crippen LogP contribution in [0.5, 0.6) is 0 Å². The molecule has 0 saturated heterocycles. The minimum atomic E-state index is -4.10. The van der Waals surface area contributed by atoms with Gasteiger partial charge in [-0.1, -0.05) is 21.6 Å². The molecule has 12 heteroatoms. The van der Waals surface area contributed by atoms with Crippen molar-refractivity contribution in [1.82, 2.24) is 0 Å². The summed E-state index contributed by atoms with van der Waals surface area (Å²) in [7, 11) is -1.41. The first-order valence-electron chi connectivity index (χ1n) is 3.32. The number of hydrogen-bond donors (Lipinski definition) is 0. The van der Waals surface area contributed by atoms with Crippen molar-refractivity contribution in [2.24, 2.45) is 0 Å². The third-order valence-corrected chi connectivity index (χ3v) is 4.98. The largest absolute Gasteiger partial charge is 1.00 e. The van der Waals surface area contributed by atoms with Crippen LogP contribution in [0.15, 0.2) is 0 Å². The SMILES string of the molecule is O=S(=O)([O-])CCSSCCSOO[O-].[Li+].[Li+]. The van der Waals surface area contributed by atoms with Gasteiger partial charge in [0.1, 0.15) is 0 Å². The Balaban J connectivity index is -0.000000845. The molecule has 0 fully saturated rings. The molecule has 86 valence electrons. The summed E-state index contributed by atoms with van der Waals surface area (Å²) in [6.45, 7) is 0. The summed E-state index contributed by atoms with van der Waals surface area (Å²) in [5.41, 5.74) is 0. The first-order chi connectivity index (χ1) is 6.56. The van der Waals surface area contributed by atoms with Crippen LogP contribution >= 0.6 is 33.6 Å². The first-order valence-corrected chi connectivity index (χ1v) is 8.30. The van der Waals surface area contributed by atoms with E-state index in [0.29, 0.717) is 11.5 Å². The molecular formula is C4H8Li2O6S4. The topological polar surface area (TPSA) is 98.7 Å². The summed E-state index contributed by atoms with van der Waals surface area (Å²) in [6, 6.07) is 0. The van der Waals surface area contributed by atoms with Crippen molar-refractivity contribution in [1.29, 1.82) is 0 Å². The van der Waals surface area contributed by atoms with Crippen molar-refractivity contribution in [3.05, 3.63) is 0 Å². The van der Waals surface area contributed by atoms with E-state index in [1.165, 1.54) is 21.6 Å². The van der Waals surface area contributed by atoms with Crippen LogP contribution in [0.25, 0.3) is 0 Å². The quantitative estimate of drug-likeness (QED) is 0.0782. The van der Waals surface area contributed by atoms with Crippen molar-refractivity contribution >= 4 is 43.7 Å². The second-order valence-corrected chi connectivity index (χ2v) is 6.87. The van der Waals surface area contributed by atoms with E-state index in [1.807, 2.05) is 0 Å². The van der Waals surface area contributed by atoms with Gasteiger partial charge in [0.15, 0.2) is 0 Å². The van der Waals surface area contributed by atoms with Gasteiger partial charge in [0.05, 0.1) is 10.1 Å². The van der Waals surface area contributed by atoms with Gasteiger partial charge in [0, 0.05) is 35.1 Å². The Labute approximate surface area is 131 Å². The summed E-state index contributed by atoms with van der Waals surface area (Å²) >= 11 is 0.868. The van der Waals surface area contributed by atoms with Gasteiger partial charge in [-0.05, 0) is 0 Å². The van der Waals surface area contributed by atoms with Gasteiger partial charge in [0.2, 0.25) is 0 Å². The maximum absolute atomic E-state index is 10.2.